The highest BCUT2D eigenvalue weighted by Gasteiger charge is 2.08. The summed E-state index contributed by atoms with van der Waals surface area (Å²) in [6, 6.07) is 9.83. The van der Waals surface area contributed by atoms with Crippen molar-refractivity contribution in [3.63, 3.8) is 0 Å². The van der Waals surface area contributed by atoms with Crippen molar-refractivity contribution in [3.05, 3.63) is 53.3 Å². The fraction of sp³-hybridized carbons (Fsp3) is 0. The zero-order valence-corrected chi connectivity index (χ0v) is 10.3. The number of halogens is 1. The van der Waals surface area contributed by atoms with Crippen molar-refractivity contribution in [2.24, 2.45) is 5.73 Å². The van der Waals surface area contributed by atoms with Crippen molar-refractivity contribution in [1.82, 2.24) is 0 Å². The largest absolute Gasteiger partial charge is 0.455 e. The number of hydrogen-bond acceptors (Lipinski definition) is 4. The number of nitrogens with zero attached hydrogens (tertiary/aromatic N) is 1. The SMILES string of the molecule is N#Cc1ccc(Oc2ccc(C(N)=O)cc2N)cc1F. The number of hydrogen-bond donors (Lipinski definition) is 2. The van der Waals surface area contributed by atoms with Gasteiger partial charge in [-0.15, -0.1) is 0 Å². The third-order valence-electron chi connectivity index (χ3n) is 2.58. The Morgan fingerprint density at radius 2 is 2.00 bits per heavy atom. The molecular weight excluding hydrogens is 261 g/mol. The molecule has 0 aliphatic rings. The number of nitrogen functional groups attached to an aromatic ring is 1. The van der Waals surface area contributed by atoms with Crippen LogP contribution in [-0.2, 0) is 0 Å². The smallest absolute Gasteiger partial charge is 0.248 e. The Bertz CT molecular complexity index is 723. The second kappa shape index (κ2) is 5.28. The molecule has 0 spiro atoms. The van der Waals surface area contributed by atoms with Gasteiger partial charge >= 0.3 is 0 Å². The average Bonchev–Trinajstić information content (AvgIpc) is 2.41. The summed E-state index contributed by atoms with van der Waals surface area (Å²) < 4.78 is 18.8. The summed E-state index contributed by atoms with van der Waals surface area (Å²) in [6.07, 6.45) is 0. The predicted molar refractivity (Wildman–Crippen MR) is 70.6 cm³/mol. The van der Waals surface area contributed by atoms with Crippen molar-refractivity contribution in [3.8, 4) is 17.6 Å². The first-order chi connectivity index (χ1) is 9.51. The first-order valence-electron chi connectivity index (χ1n) is 5.58. The topological polar surface area (TPSA) is 102 Å². The summed E-state index contributed by atoms with van der Waals surface area (Å²) in [7, 11) is 0. The molecule has 4 N–H and O–H groups in total. The molecule has 0 aliphatic heterocycles. The predicted octanol–water partition coefficient (Wildman–Crippen LogP) is 2.17. The Morgan fingerprint density at radius 1 is 1.25 bits per heavy atom. The van der Waals surface area contributed by atoms with Gasteiger partial charge in [-0.3, -0.25) is 4.79 Å². The molecular formula is C14H10FN3O2. The van der Waals surface area contributed by atoms with Crippen LogP contribution in [0.1, 0.15) is 15.9 Å². The molecule has 1 amide bonds. The van der Waals surface area contributed by atoms with E-state index < -0.39 is 11.7 Å². The van der Waals surface area contributed by atoms with E-state index >= 15 is 0 Å². The molecule has 0 atom stereocenters. The molecule has 0 radical (unpaired) electrons. The Morgan fingerprint density at radius 3 is 2.55 bits per heavy atom. The lowest BCUT2D eigenvalue weighted by Crippen LogP contribution is -2.11. The van der Waals surface area contributed by atoms with Gasteiger partial charge < -0.3 is 16.2 Å². The van der Waals surface area contributed by atoms with Crippen LogP contribution < -0.4 is 16.2 Å². The lowest BCUT2D eigenvalue weighted by Gasteiger charge is -2.09. The van der Waals surface area contributed by atoms with Gasteiger partial charge in [0.05, 0.1) is 11.3 Å². The summed E-state index contributed by atoms with van der Waals surface area (Å²) in [6.45, 7) is 0. The quantitative estimate of drug-likeness (QED) is 0.835. The summed E-state index contributed by atoms with van der Waals surface area (Å²) in [4.78, 5) is 11.0. The highest BCUT2D eigenvalue weighted by Crippen LogP contribution is 2.29. The van der Waals surface area contributed by atoms with Gasteiger partial charge in [0, 0.05) is 11.6 Å². The number of nitriles is 1. The molecule has 100 valence electrons. The molecule has 6 heteroatoms. The van der Waals surface area contributed by atoms with Gasteiger partial charge in [0.2, 0.25) is 5.91 Å². The minimum absolute atomic E-state index is 0.0746. The summed E-state index contributed by atoms with van der Waals surface area (Å²) >= 11 is 0. The van der Waals surface area contributed by atoms with E-state index in [1.807, 2.05) is 0 Å². The van der Waals surface area contributed by atoms with Crippen molar-refractivity contribution >= 4 is 11.6 Å². The van der Waals surface area contributed by atoms with Gasteiger partial charge in [0.25, 0.3) is 0 Å². The zero-order chi connectivity index (χ0) is 14.7. The number of nitrogens with two attached hydrogens (primary N) is 2. The van der Waals surface area contributed by atoms with Crippen molar-refractivity contribution in [1.29, 1.82) is 5.26 Å². The molecule has 0 fully saturated rings. The molecule has 0 saturated carbocycles. The molecule has 2 aromatic rings. The van der Waals surface area contributed by atoms with Crippen LogP contribution in [0.2, 0.25) is 0 Å². The van der Waals surface area contributed by atoms with Gasteiger partial charge in [-0.2, -0.15) is 5.26 Å². The number of carbonyl (C=O) groups excluding carboxylic acids is 1. The van der Waals surface area contributed by atoms with Crippen LogP contribution in [0.3, 0.4) is 0 Å². The van der Waals surface area contributed by atoms with E-state index in [0.29, 0.717) is 0 Å². The van der Waals surface area contributed by atoms with Gasteiger partial charge in [0.1, 0.15) is 23.4 Å². The molecule has 0 bridgehead atoms. The van der Waals surface area contributed by atoms with Crippen LogP contribution in [-0.4, -0.2) is 5.91 Å². The summed E-state index contributed by atoms with van der Waals surface area (Å²) in [5.74, 6) is -0.830. The number of carbonyl (C=O) groups is 1. The van der Waals surface area contributed by atoms with E-state index in [-0.39, 0.29) is 28.3 Å². The standard InChI is InChI=1S/C14H10FN3O2/c15-11-6-10(3-1-9(11)7-16)20-13-4-2-8(14(18)19)5-12(13)17/h1-6H,17H2,(H2,18,19). The van der Waals surface area contributed by atoms with Gasteiger partial charge in [-0.05, 0) is 30.3 Å². The van der Waals surface area contributed by atoms with Gasteiger partial charge in [-0.1, -0.05) is 0 Å². The maximum atomic E-state index is 13.4. The Balaban J connectivity index is 2.29. The van der Waals surface area contributed by atoms with Crippen LogP contribution in [0.5, 0.6) is 11.5 Å². The normalized spacial score (nSPS) is 9.80. The summed E-state index contributed by atoms with van der Waals surface area (Å²) in [5, 5.41) is 8.63. The second-order valence-corrected chi connectivity index (χ2v) is 3.97. The fourth-order valence-corrected chi connectivity index (χ4v) is 1.57. The lowest BCUT2D eigenvalue weighted by molar-refractivity contribution is 0.100. The van der Waals surface area contributed by atoms with Crippen molar-refractivity contribution in [2.75, 3.05) is 5.73 Å². The van der Waals surface area contributed by atoms with Crippen LogP contribution in [0.15, 0.2) is 36.4 Å². The van der Waals surface area contributed by atoms with Gasteiger partial charge in [-0.25, -0.2) is 4.39 Å². The molecule has 0 aliphatic carbocycles. The van der Waals surface area contributed by atoms with Crippen LogP contribution >= 0.6 is 0 Å². The number of amides is 1. The molecule has 0 heterocycles. The highest BCUT2D eigenvalue weighted by molar-refractivity contribution is 5.94. The second-order valence-electron chi connectivity index (χ2n) is 3.97. The third kappa shape index (κ3) is 2.67. The Kier molecular flexibility index (Phi) is 3.53. The zero-order valence-electron chi connectivity index (χ0n) is 10.3. The molecule has 2 rings (SSSR count). The lowest BCUT2D eigenvalue weighted by atomic mass is 10.2. The molecule has 0 aromatic heterocycles. The van der Waals surface area contributed by atoms with E-state index in [2.05, 4.69) is 0 Å². The number of ether oxygens (including phenoxy) is 1. The monoisotopic (exact) mass is 271 g/mol. The minimum Gasteiger partial charge on any atom is -0.455 e. The maximum absolute atomic E-state index is 13.4. The van der Waals surface area contributed by atoms with E-state index in [1.165, 1.54) is 30.3 Å². The first-order valence-corrected chi connectivity index (χ1v) is 5.58. The molecule has 5 nitrogen and oxygen atoms in total. The molecule has 20 heavy (non-hydrogen) atoms. The fourth-order valence-electron chi connectivity index (χ4n) is 1.57. The average molecular weight is 271 g/mol. The van der Waals surface area contributed by atoms with Crippen molar-refractivity contribution < 1.29 is 13.9 Å². The van der Waals surface area contributed by atoms with Gasteiger partial charge in [0.15, 0.2) is 0 Å². The molecule has 0 saturated heterocycles. The Labute approximate surface area is 114 Å². The van der Waals surface area contributed by atoms with E-state index in [9.17, 15) is 9.18 Å². The Hall–Kier alpha value is -3.07. The molecule has 2 aromatic carbocycles. The number of rotatable bonds is 3. The van der Waals surface area contributed by atoms with E-state index in [0.717, 1.165) is 6.07 Å². The van der Waals surface area contributed by atoms with Crippen LogP contribution in [0.4, 0.5) is 10.1 Å². The highest BCUT2D eigenvalue weighted by atomic mass is 19.1. The van der Waals surface area contributed by atoms with E-state index in [1.54, 1.807) is 6.07 Å². The summed E-state index contributed by atoms with van der Waals surface area (Å²) in [5.41, 5.74) is 11.2. The first kappa shape index (κ1) is 13.4. The minimum atomic E-state index is -0.683. The van der Waals surface area contributed by atoms with Crippen LogP contribution in [0.25, 0.3) is 0 Å². The number of anilines is 1. The maximum Gasteiger partial charge on any atom is 0.248 e. The molecule has 0 unspecified atom stereocenters. The number of primary amides is 1. The van der Waals surface area contributed by atoms with Crippen molar-refractivity contribution in [2.45, 2.75) is 0 Å². The van der Waals surface area contributed by atoms with E-state index in [4.69, 9.17) is 21.5 Å². The number of benzene rings is 2. The van der Waals surface area contributed by atoms with Crippen LogP contribution in [0, 0.1) is 17.1 Å². The third-order valence-corrected chi connectivity index (χ3v) is 2.58.